The molecule has 0 saturated heterocycles. The predicted octanol–water partition coefficient (Wildman–Crippen LogP) is 12.9. The summed E-state index contributed by atoms with van der Waals surface area (Å²) in [6.45, 7) is 2.16. The molecule has 0 spiro atoms. The van der Waals surface area contributed by atoms with E-state index >= 15 is 0 Å². The lowest BCUT2D eigenvalue weighted by atomic mass is 10.0. The van der Waals surface area contributed by atoms with Crippen molar-refractivity contribution in [2.75, 3.05) is 0 Å². The first-order chi connectivity index (χ1) is 25.2. The van der Waals surface area contributed by atoms with Crippen molar-refractivity contribution in [2.24, 2.45) is 0 Å². The first-order valence-electron chi connectivity index (χ1n) is 17.2. The second-order valence-corrected chi connectivity index (χ2v) is 13.7. The van der Waals surface area contributed by atoms with E-state index in [1.54, 1.807) is 11.3 Å². The minimum atomic E-state index is 0.776. The summed E-state index contributed by atoms with van der Waals surface area (Å²) in [6, 6.07) is 63.6. The van der Waals surface area contributed by atoms with Crippen LogP contribution < -0.4 is 0 Å². The van der Waals surface area contributed by atoms with E-state index in [-0.39, 0.29) is 0 Å². The van der Waals surface area contributed by atoms with Gasteiger partial charge >= 0.3 is 0 Å². The van der Waals surface area contributed by atoms with Crippen molar-refractivity contribution in [3.05, 3.63) is 188 Å². The third kappa shape index (κ3) is 5.66. The summed E-state index contributed by atoms with van der Waals surface area (Å²) in [7, 11) is 0. The zero-order chi connectivity index (χ0) is 34.1. The summed E-state index contributed by atoms with van der Waals surface area (Å²) < 4.78 is 4.80. The van der Waals surface area contributed by atoms with Crippen LogP contribution in [0.3, 0.4) is 0 Å². The van der Waals surface area contributed by atoms with Crippen molar-refractivity contribution in [3.63, 3.8) is 0 Å². The maximum atomic E-state index is 4.97. The molecule has 0 amide bonds. The van der Waals surface area contributed by atoms with Crippen LogP contribution in [0.25, 0.3) is 81.6 Å². The van der Waals surface area contributed by atoms with Crippen molar-refractivity contribution in [1.29, 1.82) is 0 Å². The zero-order valence-corrected chi connectivity index (χ0v) is 28.9. The van der Waals surface area contributed by atoms with Crippen molar-refractivity contribution in [3.8, 4) is 39.5 Å². The van der Waals surface area contributed by atoms with Crippen molar-refractivity contribution in [2.45, 2.75) is 6.92 Å². The van der Waals surface area contributed by atoms with Gasteiger partial charge in [-0.2, -0.15) is 0 Å². The summed E-state index contributed by atoms with van der Waals surface area (Å²) in [5, 5.41) is 3.79. The Bertz CT molecular complexity index is 2790. The second-order valence-electron chi connectivity index (χ2n) is 12.6. The molecular weight excluding hydrogens is 639 g/mol. The molecule has 0 aliphatic carbocycles. The molecule has 3 aromatic heterocycles. The summed E-state index contributed by atoms with van der Waals surface area (Å²) in [5.74, 6) is 0.776. The van der Waals surface area contributed by atoms with E-state index in [1.807, 2.05) is 24.3 Å². The van der Waals surface area contributed by atoms with Gasteiger partial charge in [0, 0.05) is 37.7 Å². The van der Waals surface area contributed by atoms with Crippen LogP contribution in [-0.4, -0.2) is 14.5 Å². The maximum Gasteiger partial charge on any atom is 0.160 e. The number of fused-ring (bicyclic) bond motifs is 6. The molecule has 7 aromatic carbocycles. The number of nitrogens with zero attached hydrogens (tertiary/aromatic N) is 3. The zero-order valence-electron chi connectivity index (χ0n) is 28.1. The monoisotopic (exact) mass is 671 g/mol. The van der Waals surface area contributed by atoms with Gasteiger partial charge in [0.2, 0.25) is 0 Å². The number of hydrogen-bond donors (Lipinski definition) is 0. The van der Waals surface area contributed by atoms with E-state index in [4.69, 9.17) is 9.97 Å². The van der Waals surface area contributed by atoms with Crippen molar-refractivity contribution in [1.82, 2.24) is 14.5 Å². The molecule has 3 heterocycles. The molecule has 0 radical (unpaired) electrons. The highest BCUT2D eigenvalue weighted by molar-refractivity contribution is 7.26. The van der Waals surface area contributed by atoms with Gasteiger partial charge in [-0.15, -0.1) is 11.3 Å². The number of rotatable bonds is 4. The Morgan fingerprint density at radius 1 is 0.431 bits per heavy atom. The molecule has 0 N–H and O–H groups in total. The first kappa shape index (κ1) is 30.7. The summed E-state index contributed by atoms with van der Waals surface area (Å²) in [5.41, 5.74) is 11.7. The molecule has 0 unspecified atom stereocenters. The lowest BCUT2D eigenvalue weighted by Gasteiger charge is -2.08. The predicted molar refractivity (Wildman–Crippen MR) is 217 cm³/mol. The second kappa shape index (κ2) is 13.2. The Hall–Kier alpha value is -6.36. The molecule has 10 rings (SSSR count). The minimum absolute atomic E-state index is 0.776. The Morgan fingerprint density at radius 3 is 1.75 bits per heavy atom. The normalized spacial score (nSPS) is 11.2. The number of benzene rings is 7. The van der Waals surface area contributed by atoms with Crippen molar-refractivity contribution < 1.29 is 0 Å². The fourth-order valence-corrected chi connectivity index (χ4v) is 8.17. The maximum absolute atomic E-state index is 4.97. The smallest absolute Gasteiger partial charge is 0.160 e. The van der Waals surface area contributed by atoms with E-state index < -0.39 is 0 Å². The molecule has 0 bridgehead atoms. The van der Waals surface area contributed by atoms with Crippen LogP contribution in [0.15, 0.2) is 182 Å². The van der Waals surface area contributed by atoms with E-state index in [0.717, 1.165) is 32.9 Å². The lowest BCUT2D eigenvalue weighted by Crippen LogP contribution is -1.93. The molecule has 10 aromatic rings. The molecule has 4 heteroatoms. The van der Waals surface area contributed by atoms with E-state index in [1.165, 1.54) is 54.3 Å². The number of para-hydroxylation sites is 2. The summed E-state index contributed by atoms with van der Waals surface area (Å²) in [6.07, 6.45) is 0. The highest BCUT2D eigenvalue weighted by Gasteiger charge is 2.17. The third-order valence-corrected chi connectivity index (χ3v) is 10.7. The quantitative estimate of drug-likeness (QED) is 0.186. The van der Waals surface area contributed by atoms with Gasteiger partial charge < -0.3 is 4.57 Å². The summed E-state index contributed by atoms with van der Waals surface area (Å²) >= 11 is 1.79. The van der Waals surface area contributed by atoms with Gasteiger partial charge in [0.05, 0.1) is 26.9 Å². The number of thiophene rings is 1. The Balaban J connectivity index is 0.000000137. The Labute approximate surface area is 300 Å². The van der Waals surface area contributed by atoms with Gasteiger partial charge in [-0.25, -0.2) is 9.97 Å². The Morgan fingerprint density at radius 2 is 1.02 bits per heavy atom. The first-order valence-corrected chi connectivity index (χ1v) is 18.0. The Kier molecular flexibility index (Phi) is 7.92. The topological polar surface area (TPSA) is 30.7 Å². The van der Waals surface area contributed by atoms with Gasteiger partial charge in [-0.3, -0.25) is 0 Å². The molecule has 242 valence electrons. The van der Waals surface area contributed by atoms with Crippen LogP contribution in [0.5, 0.6) is 0 Å². The number of aryl methyl sites for hydroxylation is 1. The van der Waals surface area contributed by atoms with Crippen LogP contribution in [0.2, 0.25) is 0 Å². The molecule has 0 aliphatic heterocycles. The highest BCUT2D eigenvalue weighted by atomic mass is 32.1. The lowest BCUT2D eigenvalue weighted by molar-refractivity contribution is 1.18. The van der Waals surface area contributed by atoms with Gasteiger partial charge in [-0.05, 0) is 47.9 Å². The van der Waals surface area contributed by atoms with Crippen LogP contribution in [0, 0.1) is 6.92 Å². The molecule has 0 aliphatic rings. The average Bonchev–Trinajstić information content (AvgIpc) is 3.76. The van der Waals surface area contributed by atoms with Crippen LogP contribution in [-0.2, 0) is 0 Å². The fourth-order valence-electron chi connectivity index (χ4n) is 6.95. The van der Waals surface area contributed by atoms with Gasteiger partial charge in [-0.1, -0.05) is 158 Å². The van der Waals surface area contributed by atoms with Crippen LogP contribution in [0.4, 0.5) is 0 Å². The number of hydrogen-bond acceptors (Lipinski definition) is 3. The molecule has 51 heavy (non-hydrogen) atoms. The standard InChI is InChI=1S/C24H17N.C23H16N2S/c1-3-9-18(10-4-1)19-15-16-22-21-13-7-8-14-23(21)25(24(22)17-19)20-11-5-2-6-12-20;1-15-9-8-14-18-20-22(26-21(15)18)19(16-10-4-2-5-11-16)24-23(25-20)17-12-6-3-7-13-17/h1-17H;2-14H,1H3. The fraction of sp³-hybridized carbons (Fsp3) is 0.0213. The molecule has 3 nitrogen and oxygen atoms in total. The van der Waals surface area contributed by atoms with E-state index in [9.17, 15) is 0 Å². The van der Waals surface area contributed by atoms with Crippen molar-refractivity contribution >= 4 is 53.4 Å². The van der Waals surface area contributed by atoms with E-state index in [0.29, 0.717) is 0 Å². The van der Waals surface area contributed by atoms with Gasteiger partial charge in [0.15, 0.2) is 5.82 Å². The largest absolute Gasteiger partial charge is 0.309 e. The van der Waals surface area contributed by atoms with Gasteiger partial charge in [0.1, 0.15) is 0 Å². The highest BCUT2D eigenvalue weighted by Crippen LogP contribution is 2.40. The van der Waals surface area contributed by atoms with Gasteiger partial charge in [0.25, 0.3) is 0 Å². The third-order valence-electron chi connectivity index (χ3n) is 9.41. The number of aromatic nitrogens is 3. The molecule has 0 fully saturated rings. The van der Waals surface area contributed by atoms with E-state index in [2.05, 4.69) is 169 Å². The molecule has 0 saturated carbocycles. The molecular formula is C47H33N3S. The average molecular weight is 672 g/mol. The SMILES string of the molecule is Cc1cccc2c1sc1c(-c3ccccc3)nc(-c3ccccc3)nc12.c1ccc(-c2ccc3c4ccccc4n(-c4ccccc4)c3c2)cc1. The summed E-state index contributed by atoms with van der Waals surface area (Å²) in [4.78, 5) is 9.93. The minimum Gasteiger partial charge on any atom is -0.309 e. The van der Waals surface area contributed by atoms with Crippen LogP contribution >= 0.6 is 11.3 Å². The molecule has 0 atom stereocenters. The van der Waals surface area contributed by atoms with Crippen LogP contribution in [0.1, 0.15) is 5.56 Å².